The Morgan fingerprint density at radius 3 is 2.33 bits per heavy atom. The molecule has 1 heterocycles. The van der Waals surface area contributed by atoms with Crippen molar-refractivity contribution < 1.29 is 8.42 Å². The highest BCUT2D eigenvalue weighted by atomic mass is 32.2. The Balaban J connectivity index is 1.82. The molecule has 0 aliphatic rings. The van der Waals surface area contributed by atoms with E-state index in [1.807, 2.05) is 44.3 Å². The molecule has 0 saturated heterocycles. The van der Waals surface area contributed by atoms with Crippen LogP contribution in [0.2, 0.25) is 0 Å². The molecule has 0 unspecified atom stereocenters. The molecule has 3 rings (SSSR count). The van der Waals surface area contributed by atoms with Gasteiger partial charge in [0.2, 0.25) is 10.0 Å². The highest BCUT2D eigenvalue weighted by molar-refractivity contribution is 7.92. The number of anilines is 2. The first-order valence-electron chi connectivity index (χ1n) is 9.22. The number of aromatic nitrogens is 2. The SMILES string of the molecule is C=NC(=Nc1c(C)nn(C)c1CNc1ccc(NS(C)(=O)=O)cc1)c1ccccc1. The van der Waals surface area contributed by atoms with Crippen molar-refractivity contribution in [2.45, 2.75) is 13.5 Å². The van der Waals surface area contributed by atoms with Gasteiger partial charge >= 0.3 is 0 Å². The summed E-state index contributed by atoms with van der Waals surface area (Å²) in [5.41, 5.74) is 4.65. The minimum absolute atomic E-state index is 0.480. The first kappa shape index (κ1) is 21.3. The van der Waals surface area contributed by atoms with Crippen LogP contribution < -0.4 is 10.0 Å². The van der Waals surface area contributed by atoms with E-state index in [0.29, 0.717) is 18.1 Å². The second-order valence-corrected chi connectivity index (χ2v) is 8.52. The number of benzene rings is 2. The lowest BCUT2D eigenvalue weighted by Gasteiger charge is -2.10. The average molecular weight is 425 g/mol. The van der Waals surface area contributed by atoms with Gasteiger partial charge in [0.25, 0.3) is 0 Å². The van der Waals surface area contributed by atoms with E-state index in [1.54, 1.807) is 28.9 Å². The van der Waals surface area contributed by atoms with Crippen LogP contribution in [0.1, 0.15) is 17.0 Å². The van der Waals surface area contributed by atoms with Gasteiger partial charge in [0, 0.05) is 24.0 Å². The third-order valence-corrected chi connectivity index (χ3v) is 4.96. The van der Waals surface area contributed by atoms with Crippen molar-refractivity contribution in [3.05, 3.63) is 71.5 Å². The van der Waals surface area contributed by atoms with Crippen LogP contribution in [0.15, 0.2) is 64.6 Å². The van der Waals surface area contributed by atoms with Crippen molar-refractivity contribution in [1.82, 2.24) is 9.78 Å². The number of amidine groups is 1. The van der Waals surface area contributed by atoms with Gasteiger partial charge in [-0.2, -0.15) is 5.10 Å². The quantitative estimate of drug-likeness (QED) is 0.448. The maximum absolute atomic E-state index is 11.3. The molecule has 156 valence electrons. The van der Waals surface area contributed by atoms with Crippen LogP contribution in [-0.4, -0.2) is 37.0 Å². The van der Waals surface area contributed by atoms with Gasteiger partial charge in [0.05, 0.1) is 24.2 Å². The number of rotatable bonds is 7. The molecule has 0 saturated carbocycles. The van der Waals surface area contributed by atoms with E-state index in [4.69, 9.17) is 4.99 Å². The lowest BCUT2D eigenvalue weighted by atomic mass is 10.2. The smallest absolute Gasteiger partial charge is 0.229 e. The molecule has 1 aromatic heterocycles. The maximum Gasteiger partial charge on any atom is 0.229 e. The molecule has 0 spiro atoms. The van der Waals surface area contributed by atoms with Gasteiger partial charge in [-0.25, -0.2) is 18.4 Å². The van der Waals surface area contributed by atoms with Crippen LogP contribution in [0.5, 0.6) is 0 Å². The molecule has 0 amide bonds. The van der Waals surface area contributed by atoms with E-state index < -0.39 is 10.0 Å². The zero-order valence-electron chi connectivity index (χ0n) is 17.1. The van der Waals surface area contributed by atoms with Gasteiger partial charge in [-0.05, 0) is 37.9 Å². The molecule has 0 atom stereocenters. The zero-order chi connectivity index (χ0) is 21.7. The second kappa shape index (κ2) is 8.91. The molecule has 2 N–H and O–H groups in total. The van der Waals surface area contributed by atoms with E-state index in [-0.39, 0.29) is 0 Å². The fourth-order valence-corrected chi connectivity index (χ4v) is 3.54. The summed E-state index contributed by atoms with van der Waals surface area (Å²) in [6.45, 7) is 6.04. The number of nitrogens with one attached hydrogen (secondary N) is 2. The first-order chi connectivity index (χ1) is 14.3. The summed E-state index contributed by atoms with van der Waals surface area (Å²) < 4.78 is 26.9. The van der Waals surface area contributed by atoms with Gasteiger partial charge in [-0.15, -0.1) is 0 Å². The molecule has 0 aliphatic heterocycles. The molecule has 0 aliphatic carbocycles. The van der Waals surface area contributed by atoms with E-state index in [2.05, 4.69) is 26.8 Å². The second-order valence-electron chi connectivity index (χ2n) is 6.77. The topological polar surface area (TPSA) is 101 Å². The minimum atomic E-state index is -3.30. The third-order valence-electron chi connectivity index (χ3n) is 4.35. The van der Waals surface area contributed by atoms with Gasteiger partial charge < -0.3 is 5.32 Å². The highest BCUT2D eigenvalue weighted by Gasteiger charge is 2.14. The molecular formula is C21H24N6O2S. The molecule has 30 heavy (non-hydrogen) atoms. The van der Waals surface area contributed by atoms with Gasteiger partial charge in [-0.3, -0.25) is 9.40 Å². The fourth-order valence-electron chi connectivity index (χ4n) is 2.98. The largest absolute Gasteiger partial charge is 0.379 e. The van der Waals surface area contributed by atoms with E-state index in [1.165, 1.54) is 0 Å². The molecular weight excluding hydrogens is 400 g/mol. The fraction of sp³-hybridized carbons (Fsp3) is 0.190. The summed E-state index contributed by atoms with van der Waals surface area (Å²) >= 11 is 0. The van der Waals surface area contributed by atoms with Crippen molar-refractivity contribution in [1.29, 1.82) is 0 Å². The number of hydrogen-bond acceptors (Lipinski definition) is 5. The summed E-state index contributed by atoms with van der Waals surface area (Å²) in [6.07, 6.45) is 1.12. The number of hydrogen-bond donors (Lipinski definition) is 2. The third kappa shape index (κ3) is 5.32. The monoisotopic (exact) mass is 424 g/mol. The molecule has 2 aromatic carbocycles. The van der Waals surface area contributed by atoms with Crippen LogP contribution in [0.25, 0.3) is 0 Å². The van der Waals surface area contributed by atoms with Gasteiger partial charge in [0.1, 0.15) is 5.69 Å². The molecule has 8 nitrogen and oxygen atoms in total. The number of aryl methyl sites for hydroxylation is 2. The minimum Gasteiger partial charge on any atom is -0.379 e. The van der Waals surface area contributed by atoms with Gasteiger partial charge in [0.15, 0.2) is 5.84 Å². The van der Waals surface area contributed by atoms with Crippen LogP contribution in [0.4, 0.5) is 17.1 Å². The number of nitrogens with zero attached hydrogens (tertiary/aromatic N) is 4. The molecule has 3 aromatic rings. The number of sulfonamides is 1. The van der Waals surface area contributed by atoms with Crippen LogP contribution in [0.3, 0.4) is 0 Å². The van der Waals surface area contributed by atoms with Crippen molar-refractivity contribution in [3.63, 3.8) is 0 Å². The van der Waals surface area contributed by atoms with E-state index in [9.17, 15) is 8.42 Å². The summed E-state index contributed by atoms with van der Waals surface area (Å²) in [6, 6.07) is 16.7. The van der Waals surface area contributed by atoms with Crippen molar-refractivity contribution in [2.75, 3.05) is 16.3 Å². The van der Waals surface area contributed by atoms with Crippen molar-refractivity contribution in [2.24, 2.45) is 17.0 Å². The maximum atomic E-state index is 11.3. The Morgan fingerprint density at radius 1 is 1.10 bits per heavy atom. The van der Waals surface area contributed by atoms with Crippen LogP contribution in [-0.2, 0) is 23.6 Å². The summed E-state index contributed by atoms with van der Waals surface area (Å²) in [7, 11) is -1.43. The standard InChI is InChI=1S/C21H24N6O2S/c1-15-20(24-21(22-2)16-8-6-5-7-9-16)19(27(3)25-15)14-23-17-10-12-18(13-11-17)26-30(4,28)29/h5-13,23,26H,2,14H2,1,3-4H3. The lowest BCUT2D eigenvalue weighted by molar-refractivity contribution is 0.607. The Labute approximate surface area is 176 Å². The Morgan fingerprint density at radius 2 is 1.73 bits per heavy atom. The zero-order valence-corrected chi connectivity index (χ0v) is 17.9. The van der Waals surface area contributed by atoms with E-state index >= 15 is 0 Å². The molecule has 0 bridgehead atoms. The van der Waals surface area contributed by atoms with Crippen LogP contribution >= 0.6 is 0 Å². The normalized spacial score (nSPS) is 11.9. The summed E-state index contributed by atoms with van der Waals surface area (Å²) in [4.78, 5) is 8.81. The summed E-state index contributed by atoms with van der Waals surface area (Å²) in [5, 5.41) is 7.81. The number of aliphatic imine (C=N–C) groups is 2. The summed E-state index contributed by atoms with van der Waals surface area (Å²) in [5.74, 6) is 0.532. The highest BCUT2D eigenvalue weighted by Crippen LogP contribution is 2.26. The average Bonchev–Trinajstić information content (AvgIpc) is 2.97. The molecule has 9 heteroatoms. The van der Waals surface area contributed by atoms with Crippen molar-refractivity contribution in [3.8, 4) is 0 Å². The lowest BCUT2D eigenvalue weighted by Crippen LogP contribution is -2.09. The van der Waals surface area contributed by atoms with Crippen LogP contribution in [0, 0.1) is 6.92 Å². The molecule has 0 radical (unpaired) electrons. The predicted molar refractivity (Wildman–Crippen MR) is 122 cm³/mol. The van der Waals surface area contributed by atoms with Crippen molar-refractivity contribution >= 4 is 39.6 Å². The van der Waals surface area contributed by atoms with E-state index in [0.717, 1.165) is 34.6 Å². The predicted octanol–water partition coefficient (Wildman–Crippen LogP) is 3.49. The Bertz CT molecular complexity index is 1170. The first-order valence-corrected chi connectivity index (χ1v) is 11.1. The van der Waals surface area contributed by atoms with Gasteiger partial charge in [-0.1, -0.05) is 30.3 Å². The molecule has 0 fully saturated rings. The Kier molecular flexibility index (Phi) is 6.31. The Hall–Kier alpha value is -3.46.